The number of hydrogen-bond donors (Lipinski definition) is 0. The summed E-state index contributed by atoms with van der Waals surface area (Å²) in [6.45, 7) is 11.8. The van der Waals surface area contributed by atoms with Gasteiger partial charge < -0.3 is 14.5 Å². The van der Waals surface area contributed by atoms with Crippen LogP contribution in [-0.4, -0.2) is 60.5 Å². The Bertz CT molecular complexity index is 659. The zero-order valence-electron chi connectivity index (χ0n) is 15.7. The number of nitro groups is 1. The molecule has 2 rings (SSSR count). The molecule has 1 fully saturated rings. The molecule has 1 amide bonds. The highest BCUT2D eigenvalue weighted by molar-refractivity contribution is 5.98. The van der Waals surface area contributed by atoms with Crippen LogP contribution in [0, 0.1) is 10.1 Å². The van der Waals surface area contributed by atoms with Crippen molar-refractivity contribution in [3.8, 4) is 5.75 Å². The van der Waals surface area contributed by atoms with E-state index < -0.39 is 4.92 Å². The van der Waals surface area contributed by atoms with Crippen LogP contribution in [-0.2, 0) is 5.41 Å². The maximum absolute atomic E-state index is 13.0. The molecule has 25 heavy (non-hydrogen) atoms. The van der Waals surface area contributed by atoms with Crippen LogP contribution in [0.1, 0.15) is 43.6 Å². The average molecular weight is 349 g/mol. The minimum absolute atomic E-state index is 0.0425. The molecule has 0 N–H and O–H groups in total. The number of amides is 1. The fourth-order valence-electron chi connectivity index (χ4n) is 2.99. The molecule has 0 unspecified atom stereocenters. The minimum Gasteiger partial charge on any atom is -0.490 e. The molecule has 138 valence electrons. The van der Waals surface area contributed by atoms with Crippen molar-refractivity contribution >= 4 is 11.6 Å². The maximum atomic E-state index is 13.0. The van der Waals surface area contributed by atoms with Crippen LogP contribution in [0.25, 0.3) is 0 Å². The normalized spacial score (nSPS) is 16.0. The Kier molecular flexibility index (Phi) is 5.67. The molecule has 7 heteroatoms. The molecular formula is C18H27N3O4. The number of carbonyl (C=O) groups is 1. The number of rotatable bonds is 4. The van der Waals surface area contributed by atoms with E-state index in [0.29, 0.717) is 13.1 Å². The summed E-state index contributed by atoms with van der Waals surface area (Å²) in [4.78, 5) is 28.1. The Morgan fingerprint density at radius 3 is 2.28 bits per heavy atom. The highest BCUT2D eigenvalue weighted by Gasteiger charge is 2.31. The summed E-state index contributed by atoms with van der Waals surface area (Å²) >= 11 is 0. The molecule has 0 aromatic heterocycles. The number of benzene rings is 1. The van der Waals surface area contributed by atoms with E-state index in [9.17, 15) is 14.9 Å². The van der Waals surface area contributed by atoms with Gasteiger partial charge in [0.15, 0.2) is 0 Å². The molecule has 0 saturated carbocycles. The Hall–Kier alpha value is -2.15. The lowest BCUT2D eigenvalue weighted by molar-refractivity contribution is -0.385. The third-order valence-corrected chi connectivity index (χ3v) is 4.67. The summed E-state index contributed by atoms with van der Waals surface area (Å²) in [5, 5.41) is 11.5. The van der Waals surface area contributed by atoms with Crippen LogP contribution in [0.3, 0.4) is 0 Å². The first-order valence-corrected chi connectivity index (χ1v) is 8.57. The van der Waals surface area contributed by atoms with Gasteiger partial charge in [-0.1, -0.05) is 27.7 Å². The van der Waals surface area contributed by atoms with Crippen molar-refractivity contribution in [3.63, 3.8) is 0 Å². The molecule has 1 aliphatic rings. The van der Waals surface area contributed by atoms with Crippen molar-refractivity contribution in [1.82, 2.24) is 9.80 Å². The third kappa shape index (κ3) is 4.10. The molecular weight excluding hydrogens is 322 g/mol. The predicted octanol–water partition coefficient (Wildman–Crippen LogP) is 2.68. The summed E-state index contributed by atoms with van der Waals surface area (Å²) in [5.41, 5.74) is 0.542. The summed E-state index contributed by atoms with van der Waals surface area (Å²) < 4.78 is 5.26. The lowest BCUT2D eigenvalue weighted by atomic mass is 9.85. The largest absolute Gasteiger partial charge is 0.490 e. The van der Waals surface area contributed by atoms with E-state index in [2.05, 4.69) is 11.8 Å². The van der Waals surface area contributed by atoms with Gasteiger partial charge in [0.1, 0.15) is 0 Å². The number of nitro benzene ring substituents is 1. The van der Waals surface area contributed by atoms with Crippen LogP contribution in [0.15, 0.2) is 12.1 Å². The SMILES string of the molecule is CCN1CCN(C(=O)c2cc(C(C)(C)C)cc([N+](=O)[O-])c2OC)CC1. The van der Waals surface area contributed by atoms with Crippen LogP contribution in [0.5, 0.6) is 5.75 Å². The Balaban J connectivity index is 2.46. The molecule has 1 aliphatic heterocycles. The molecule has 0 atom stereocenters. The molecule has 1 saturated heterocycles. The first-order valence-electron chi connectivity index (χ1n) is 8.57. The fraction of sp³-hybridized carbons (Fsp3) is 0.611. The fourth-order valence-corrected chi connectivity index (χ4v) is 2.99. The van der Waals surface area contributed by atoms with Crippen molar-refractivity contribution in [1.29, 1.82) is 0 Å². The first kappa shape index (κ1) is 19.2. The number of likely N-dealkylation sites (N-methyl/N-ethyl adjacent to an activating group) is 1. The summed E-state index contributed by atoms with van der Waals surface area (Å²) in [7, 11) is 1.37. The zero-order valence-corrected chi connectivity index (χ0v) is 15.7. The second-order valence-electron chi connectivity index (χ2n) is 7.31. The molecule has 0 bridgehead atoms. The predicted molar refractivity (Wildman–Crippen MR) is 96.4 cm³/mol. The van der Waals surface area contributed by atoms with Gasteiger partial charge in [0.2, 0.25) is 5.75 Å². The van der Waals surface area contributed by atoms with Crippen LogP contribution in [0.2, 0.25) is 0 Å². The van der Waals surface area contributed by atoms with Crippen molar-refractivity contribution in [2.75, 3.05) is 39.8 Å². The number of hydrogen-bond acceptors (Lipinski definition) is 5. The number of methoxy groups -OCH3 is 1. The third-order valence-electron chi connectivity index (χ3n) is 4.67. The molecule has 0 spiro atoms. The van der Waals surface area contributed by atoms with Gasteiger partial charge in [-0.3, -0.25) is 14.9 Å². The molecule has 0 aliphatic carbocycles. The Morgan fingerprint density at radius 1 is 1.24 bits per heavy atom. The standard InChI is InChI=1S/C18H27N3O4/c1-6-19-7-9-20(10-8-19)17(22)14-11-13(18(2,3)4)12-15(21(23)24)16(14)25-5/h11-12H,6-10H2,1-5H3. The average Bonchev–Trinajstić information content (AvgIpc) is 2.59. The van der Waals surface area contributed by atoms with E-state index in [4.69, 9.17) is 4.74 Å². The van der Waals surface area contributed by atoms with Crippen molar-refractivity contribution in [2.24, 2.45) is 0 Å². The minimum atomic E-state index is -0.486. The number of ether oxygens (including phenoxy) is 1. The van der Waals surface area contributed by atoms with Gasteiger partial charge in [0, 0.05) is 32.2 Å². The second-order valence-corrected chi connectivity index (χ2v) is 7.31. The summed E-state index contributed by atoms with van der Waals surface area (Å²) in [6.07, 6.45) is 0. The van der Waals surface area contributed by atoms with E-state index in [1.807, 2.05) is 20.8 Å². The van der Waals surface area contributed by atoms with Crippen LogP contribution in [0.4, 0.5) is 5.69 Å². The Morgan fingerprint density at radius 2 is 1.84 bits per heavy atom. The number of piperazine rings is 1. The highest BCUT2D eigenvalue weighted by Crippen LogP contribution is 2.37. The van der Waals surface area contributed by atoms with Gasteiger partial charge in [-0.05, 0) is 23.6 Å². The Labute approximate surface area is 148 Å². The van der Waals surface area contributed by atoms with Gasteiger partial charge >= 0.3 is 5.69 Å². The summed E-state index contributed by atoms with van der Waals surface area (Å²) in [5.74, 6) is -0.164. The lowest BCUT2D eigenvalue weighted by Crippen LogP contribution is -2.48. The van der Waals surface area contributed by atoms with Crippen molar-refractivity contribution in [3.05, 3.63) is 33.4 Å². The van der Waals surface area contributed by atoms with Gasteiger partial charge in [-0.2, -0.15) is 0 Å². The monoisotopic (exact) mass is 349 g/mol. The van der Waals surface area contributed by atoms with E-state index in [1.54, 1.807) is 11.0 Å². The molecule has 1 aromatic carbocycles. The van der Waals surface area contributed by atoms with E-state index in [-0.39, 0.29) is 28.3 Å². The highest BCUT2D eigenvalue weighted by atomic mass is 16.6. The molecule has 1 heterocycles. The van der Waals surface area contributed by atoms with Gasteiger partial charge in [-0.25, -0.2) is 0 Å². The van der Waals surface area contributed by atoms with Gasteiger partial charge in [0.05, 0.1) is 17.6 Å². The van der Waals surface area contributed by atoms with E-state index >= 15 is 0 Å². The second kappa shape index (κ2) is 7.39. The number of nitrogens with zero attached hydrogens (tertiary/aromatic N) is 3. The zero-order chi connectivity index (χ0) is 18.8. The molecule has 1 aromatic rings. The maximum Gasteiger partial charge on any atom is 0.312 e. The van der Waals surface area contributed by atoms with Crippen molar-refractivity contribution in [2.45, 2.75) is 33.1 Å². The van der Waals surface area contributed by atoms with Crippen LogP contribution < -0.4 is 4.74 Å². The summed E-state index contributed by atoms with van der Waals surface area (Å²) in [6, 6.07) is 3.24. The quantitative estimate of drug-likeness (QED) is 0.617. The van der Waals surface area contributed by atoms with Crippen molar-refractivity contribution < 1.29 is 14.5 Å². The molecule has 0 radical (unpaired) electrons. The lowest BCUT2D eigenvalue weighted by Gasteiger charge is -2.34. The van der Waals surface area contributed by atoms with E-state index in [0.717, 1.165) is 25.2 Å². The van der Waals surface area contributed by atoms with Gasteiger partial charge in [0.25, 0.3) is 5.91 Å². The smallest absolute Gasteiger partial charge is 0.312 e. The van der Waals surface area contributed by atoms with Gasteiger partial charge in [-0.15, -0.1) is 0 Å². The first-order chi connectivity index (χ1) is 11.7. The van der Waals surface area contributed by atoms with Crippen LogP contribution >= 0.6 is 0 Å². The van der Waals surface area contributed by atoms with E-state index in [1.165, 1.54) is 13.2 Å². The molecule has 7 nitrogen and oxygen atoms in total. The number of carbonyl (C=O) groups excluding carboxylic acids is 1. The topological polar surface area (TPSA) is 75.9 Å².